The molecule has 0 fully saturated rings. The molecule has 0 aromatic heterocycles. The minimum absolute atomic E-state index is 0.0496. The maximum atomic E-state index is 11.4. The lowest BCUT2D eigenvalue weighted by Crippen LogP contribution is -2.30. The zero-order chi connectivity index (χ0) is 33.6. The molecule has 0 heterocycles. The monoisotopic (exact) mass is 634 g/mol. The van der Waals surface area contributed by atoms with E-state index in [4.69, 9.17) is 18.9 Å². The Balaban J connectivity index is 1.51. The number of fused-ring (bicyclic) bond motifs is 3. The maximum Gasteiger partial charge on any atom is 0.330 e. The minimum Gasteiger partial charge on any atom is -0.491 e. The van der Waals surface area contributed by atoms with Crippen molar-refractivity contribution in [2.45, 2.75) is 31.5 Å². The van der Waals surface area contributed by atoms with E-state index in [2.05, 4.69) is 73.8 Å². The van der Waals surface area contributed by atoms with Crippen LogP contribution in [0.1, 0.15) is 33.4 Å². The predicted molar refractivity (Wildman–Crippen MR) is 179 cm³/mol. The third-order valence-corrected chi connectivity index (χ3v) is 8.21. The average molecular weight is 635 g/mol. The molecule has 1 aliphatic rings. The summed E-state index contributed by atoms with van der Waals surface area (Å²) in [6.07, 6.45) is 0.101. The van der Waals surface area contributed by atoms with Crippen LogP contribution < -0.4 is 9.47 Å². The van der Waals surface area contributed by atoms with Crippen molar-refractivity contribution >= 4 is 11.9 Å². The number of esters is 2. The van der Waals surface area contributed by atoms with Gasteiger partial charge in [0, 0.05) is 12.2 Å². The lowest BCUT2D eigenvalue weighted by molar-refractivity contribution is -0.142. The van der Waals surface area contributed by atoms with E-state index >= 15 is 0 Å². The Bertz CT molecular complexity index is 1660. The van der Waals surface area contributed by atoms with Crippen LogP contribution in [0, 0.1) is 13.8 Å². The number of carbonyl (C=O) groups is 2. The average Bonchev–Trinajstić information content (AvgIpc) is 3.38. The molecule has 8 nitrogen and oxygen atoms in total. The fraction of sp³-hybridized carbons (Fsp3) is 0.231. The molecular weight excluding hydrogens is 596 g/mol. The number of aliphatic hydroxyl groups excluding tert-OH is 2. The van der Waals surface area contributed by atoms with Crippen LogP contribution in [0.2, 0.25) is 0 Å². The molecule has 2 unspecified atom stereocenters. The van der Waals surface area contributed by atoms with Crippen LogP contribution in [-0.4, -0.2) is 60.8 Å². The highest BCUT2D eigenvalue weighted by molar-refractivity contribution is 5.87. The summed E-state index contributed by atoms with van der Waals surface area (Å²) < 4.78 is 21.6. The molecular formula is C39H38O8. The number of aryl methyl sites for hydroxylation is 2. The van der Waals surface area contributed by atoms with Crippen molar-refractivity contribution in [1.82, 2.24) is 0 Å². The van der Waals surface area contributed by atoms with Gasteiger partial charge < -0.3 is 29.2 Å². The van der Waals surface area contributed by atoms with Crippen LogP contribution in [0.4, 0.5) is 0 Å². The summed E-state index contributed by atoms with van der Waals surface area (Å²) >= 11 is 0. The molecule has 2 N–H and O–H groups in total. The van der Waals surface area contributed by atoms with Crippen molar-refractivity contribution < 1.29 is 38.7 Å². The molecule has 0 radical (unpaired) electrons. The lowest BCUT2D eigenvalue weighted by atomic mass is 9.65. The minimum atomic E-state index is -0.995. The third-order valence-electron chi connectivity index (χ3n) is 8.21. The van der Waals surface area contributed by atoms with Crippen LogP contribution in [0.15, 0.2) is 110 Å². The van der Waals surface area contributed by atoms with Crippen LogP contribution in [-0.2, 0) is 24.5 Å². The van der Waals surface area contributed by atoms with E-state index in [1.165, 1.54) is 0 Å². The Morgan fingerprint density at radius 3 is 1.43 bits per heavy atom. The maximum absolute atomic E-state index is 11.4. The summed E-state index contributed by atoms with van der Waals surface area (Å²) in [5.74, 6) is -0.0582. The van der Waals surface area contributed by atoms with E-state index in [0.717, 1.165) is 56.7 Å². The molecule has 4 aromatic carbocycles. The fourth-order valence-electron chi connectivity index (χ4n) is 6.21. The number of rotatable bonds is 14. The third kappa shape index (κ3) is 6.84. The second-order valence-corrected chi connectivity index (χ2v) is 11.4. The topological polar surface area (TPSA) is 112 Å². The largest absolute Gasteiger partial charge is 0.491 e. The molecule has 5 rings (SSSR count). The van der Waals surface area contributed by atoms with Gasteiger partial charge in [-0.15, -0.1) is 0 Å². The van der Waals surface area contributed by atoms with Crippen molar-refractivity contribution in [1.29, 1.82) is 0 Å². The summed E-state index contributed by atoms with van der Waals surface area (Å²) in [6, 6.07) is 28.7. The van der Waals surface area contributed by atoms with Crippen LogP contribution >= 0.6 is 0 Å². The molecule has 0 amide bonds. The second-order valence-electron chi connectivity index (χ2n) is 11.4. The van der Waals surface area contributed by atoms with E-state index < -0.39 is 29.6 Å². The van der Waals surface area contributed by atoms with Crippen molar-refractivity contribution in [3.05, 3.63) is 144 Å². The molecule has 0 spiro atoms. The first kappa shape index (κ1) is 33.2. The zero-order valence-electron chi connectivity index (χ0n) is 26.5. The van der Waals surface area contributed by atoms with E-state index in [1.54, 1.807) is 0 Å². The van der Waals surface area contributed by atoms with Crippen LogP contribution in [0.5, 0.6) is 11.5 Å². The molecule has 47 heavy (non-hydrogen) atoms. The molecule has 242 valence electrons. The highest BCUT2D eigenvalue weighted by Gasteiger charge is 2.47. The first-order chi connectivity index (χ1) is 22.7. The van der Waals surface area contributed by atoms with Crippen molar-refractivity contribution in [2.75, 3.05) is 26.4 Å². The van der Waals surface area contributed by atoms with Gasteiger partial charge in [0.1, 0.15) is 50.1 Å². The predicted octanol–water partition coefficient (Wildman–Crippen LogP) is 5.60. The van der Waals surface area contributed by atoms with E-state index in [0.29, 0.717) is 11.5 Å². The van der Waals surface area contributed by atoms with Gasteiger partial charge >= 0.3 is 11.9 Å². The molecule has 8 heteroatoms. The van der Waals surface area contributed by atoms with Gasteiger partial charge in [-0.3, -0.25) is 0 Å². The molecule has 0 saturated heterocycles. The molecule has 0 aliphatic heterocycles. The smallest absolute Gasteiger partial charge is 0.330 e. The van der Waals surface area contributed by atoms with Crippen LogP contribution in [0.25, 0.3) is 11.1 Å². The number of hydrogen-bond acceptors (Lipinski definition) is 8. The standard InChI is InChI=1S/C39H38O8/c1-5-37(42)46-23-27(40)21-44-29-15-17-33(25(3)19-29)39(35-13-9-7-11-31(35)32-12-8-10-14-36(32)39)34-18-16-30(20-26(34)4)45-22-28(41)24-47-38(43)6-2/h5-20,27-28,40-41H,1-2,21-24H2,3-4H3. The van der Waals surface area contributed by atoms with Crippen molar-refractivity contribution in [3.63, 3.8) is 0 Å². The van der Waals surface area contributed by atoms with E-state index in [-0.39, 0.29) is 26.4 Å². The summed E-state index contributed by atoms with van der Waals surface area (Å²) in [6.45, 7) is 10.3. The fourth-order valence-corrected chi connectivity index (χ4v) is 6.21. The Morgan fingerprint density at radius 2 is 1.04 bits per heavy atom. The van der Waals surface area contributed by atoms with Gasteiger partial charge in [-0.25, -0.2) is 9.59 Å². The molecule has 0 bridgehead atoms. The Kier molecular flexibility index (Phi) is 10.2. The summed E-state index contributed by atoms with van der Waals surface area (Å²) in [5, 5.41) is 20.5. The lowest BCUT2D eigenvalue weighted by Gasteiger charge is -2.36. The Morgan fingerprint density at radius 1 is 0.638 bits per heavy atom. The summed E-state index contributed by atoms with van der Waals surface area (Å²) in [7, 11) is 0. The normalized spacial score (nSPS) is 13.8. The first-order valence-corrected chi connectivity index (χ1v) is 15.3. The molecule has 1 aliphatic carbocycles. The van der Waals surface area contributed by atoms with E-state index in [1.807, 2.05) is 38.1 Å². The molecule has 2 atom stereocenters. The number of ether oxygens (including phenoxy) is 4. The summed E-state index contributed by atoms with van der Waals surface area (Å²) in [4.78, 5) is 22.7. The highest BCUT2D eigenvalue weighted by atomic mass is 16.6. The highest BCUT2D eigenvalue weighted by Crippen LogP contribution is 2.57. The van der Waals surface area contributed by atoms with Crippen molar-refractivity contribution in [3.8, 4) is 22.6 Å². The molecule has 4 aromatic rings. The van der Waals surface area contributed by atoms with Gasteiger partial charge in [-0.05, 0) is 82.6 Å². The van der Waals surface area contributed by atoms with Gasteiger partial charge in [0.15, 0.2) is 0 Å². The van der Waals surface area contributed by atoms with Gasteiger partial charge in [0.05, 0.1) is 5.41 Å². The number of hydrogen-bond donors (Lipinski definition) is 2. The number of aliphatic hydroxyl groups is 2. The SMILES string of the molecule is C=CC(=O)OCC(O)COc1ccc(C2(c3ccc(OCC(O)COC(=O)C=C)cc3C)c3ccccc3-c3ccccc32)c(C)c1. The molecule has 0 saturated carbocycles. The van der Waals surface area contributed by atoms with Gasteiger partial charge in [-0.2, -0.15) is 0 Å². The second kappa shape index (κ2) is 14.5. The van der Waals surface area contributed by atoms with Gasteiger partial charge in [0.25, 0.3) is 0 Å². The summed E-state index contributed by atoms with van der Waals surface area (Å²) in [5.41, 5.74) is 8.03. The first-order valence-electron chi connectivity index (χ1n) is 15.3. The van der Waals surface area contributed by atoms with Gasteiger partial charge in [0.2, 0.25) is 0 Å². The van der Waals surface area contributed by atoms with E-state index in [9.17, 15) is 19.8 Å². The number of benzene rings is 4. The Hall–Kier alpha value is -5.18. The van der Waals surface area contributed by atoms with Crippen molar-refractivity contribution in [2.24, 2.45) is 0 Å². The Labute approximate surface area is 274 Å². The van der Waals surface area contributed by atoms with Crippen LogP contribution in [0.3, 0.4) is 0 Å². The number of carbonyl (C=O) groups excluding carboxylic acids is 2. The zero-order valence-corrected chi connectivity index (χ0v) is 26.5. The quantitative estimate of drug-likeness (QED) is 0.120. The van der Waals surface area contributed by atoms with Gasteiger partial charge in [-0.1, -0.05) is 73.8 Å².